The molecule has 4 nitrogen and oxygen atoms in total. The highest BCUT2D eigenvalue weighted by Crippen LogP contribution is 2.56. The molecule has 2 saturated heterocycles. The zero-order chi connectivity index (χ0) is 19.5. The summed E-state index contributed by atoms with van der Waals surface area (Å²) in [5, 5.41) is 10.5. The van der Waals surface area contributed by atoms with E-state index in [1.54, 1.807) is 0 Å². The molecule has 1 amide bonds. The number of nitrogens with zero attached hydrogens (tertiary/aromatic N) is 2. The number of benzene rings is 1. The van der Waals surface area contributed by atoms with Crippen molar-refractivity contribution in [3.8, 4) is 0 Å². The molecular weight excluding hydrogens is 348 g/mol. The lowest BCUT2D eigenvalue weighted by Gasteiger charge is -2.50. The Morgan fingerprint density at radius 1 is 1.25 bits per heavy atom. The summed E-state index contributed by atoms with van der Waals surface area (Å²) in [6.07, 6.45) is 6.08. The van der Waals surface area contributed by atoms with Crippen molar-refractivity contribution < 1.29 is 9.90 Å². The summed E-state index contributed by atoms with van der Waals surface area (Å²) in [7, 11) is 0. The third-order valence-corrected chi connectivity index (χ3v) is 8.53. The van der Waals surface area contributed by atoms with Gasteiger partial charge in [0.15, 0.2) is 0 Å². The van der Waals surface area contributed by atoms with E-state index in [-0.39, 0.29) is 11.5 Å². The van der Waals surface area contributed by atoms with Crippen molar-refractivity contribution in [2.75, 3.05) is 24.5 Å². The molecule has 4 aliphatic rings. The second-order valence-electron chi connectivity index (χ2n) is 9.72. The molecule has 1 N–H and O–H groups in total. The number of hydrogen-bond acceptors (Lipinski definition) is 3. The van der Waals surface area contributed by atoms with Crippen LogP contribution >= 0.6 is 0 Å². The van der Waals surface area contributed by atoms with Gasteiger partial charge in [0.1, 0.15) is 0 Å². The number of para-hydroxylation sites is 1. The van der Waals surface area contributed by atoms with E-state index in [0.717, 1.165) is 63.8 Å². The molecular formula is C24H34N2O2. The molecule has 0 radical (unpaired) electrons. The molecule has 3 heterocycles. The number of unbranched alkanes of at least 4 members (excludes halogenated alkanes) is 1. The fraction of sp³-hybridized carbons (Fsp3) is 0.708. The third-order valence-electron chi connectivity index (χ3n) is 8.53. The van der Waals surface area contributed by atoms with Gasteiger partial charge in [-0.15, -0.1) is 0 Å². The molecule has 1 spiro atoms. The standard InChI is InChI=1S/C24H34N2O2/c1-3-4-12-26-20-8-6-5-7-19(20)24(23(26)28)11-13-25-15-17-9-10-21(27)16(2)18(17)14-22(24)25/h5-8,16-18,21-22,27H,3-4,9-15H2,1-2H3/t16-,17+,18-,21+,22+,24+/m1/s1. The minimum Gasteiger partial charge on any atom is -0.393 e. The molecule has 28 heavy (non-hydrogen) atoms. The Hall–Kier alpha value is -1.39. The number of amides is 1. The summed E-state index contributed by atoms with van der Waals surface area (Å²) in [6.45, 7) is 7.40. The number of aliphatic hydroxyl groups is 1. The molecule has 3 fully saturated rings. The summed E-state index contributed by atoms with van der Waals surface area (Å²) < 4.78 is 0. The number of carbonyl (C=O) groups is 1. The number of aliphatic hydroxyl groups excluding tert-OH is 1. The lowest BCUT2D eigenvalue weighted by molar-refractivity contribution is -0.125. The van der Waals surface area contributed by atoms with Gasteiger partial charge in [0.25, 0.3) is 0 Å². The van der Waals surface area contributed by atoms with Crippen LogP contribution in [-0.2, 0) is 10.2 Å². The van der Waals surface area contributed by atoms with E-state index in [2.05, 4.69) is 47.9 Å². The second kappa shape index (κ2) is 6.84. The molecule has 6 atom stereocenters. The maximum atomic E-state index is 13.9. The molecule has 152 valence electrons. The minimum atomic E-state index is -0.364. The van der Waals surface area contributed by atoms with Crippen molar-refractivity contribution in [3.63, 3.8) is 0 Å². The Labute approximate surface area is 168 Å². The first kappa shape index (κ1) is 18.6. The van der Waals surface area contributed by atoms with Gasteiger partial charge in [0.05, 0.1) is 11.5 Å². The lowest BCUT2D eigenvalue weighted by atomic mass is 9.62. The number of rotatable bonds is 3. The first-order valence-electron chi connectivity index (χ1n) is 11.4. The van der Waals surface area contributed by atoms with Crippen molar-refractivity contribution in [3.05, 3.63) is 29.8 Å². The van der Waals surface area contributed by atoms with Gasteiger partial charge in [-0.2, -0.15) is 0 Å². The minimum absolute atomic E-state index is 0.169. The van der Waals surface area contributed by atoms with E-state index >= 15 is 0 Å². The van der Waals surface area contributed by atoms with Crippen LogP contribution in [0.15, 0.2) is 24.3 Å². The predicted octanol–water partition coefficient (Wildman–Crippen LogP) is 3.57. The quantitative estimate of drug-likeness (QED) is 0.869. The molecule has 5 rings (SSSR count). The molecule has 4 heteroatoms. The fourth-order valence-corrected chi connectivity index (χ4v) is 6.95. The molecule has 1 saturated carbocycles. The zero-order valence-electron chi connectivity index (χ0n) is 17.3. The van der Waals surface area contributed by atoms with Crippen LogP contribution in [0, 0.1) is 17.8 Å². The number of fused-ring (bicyclic) bond motifs is 5. The SMILES string of the molecule is CCCCN1C(=O)[C@@]2(CCN3C[C@@H]4CC[C@H](O)[C@H](C)[C@H]4C[C@H]32)c2ccccc21. The van der Waals surface area contributed by atoms with E-state index in [4.69, 9.17) is 0 Å². The Kier molecular flexibility index (Phi) is 4.55. The van der Waals surface area contributed by atoms with Crippen LogP contribution in [0.25, 0.3) is 0 Å². The fourth-order valence-electron chi connectivity index (χ4n) is 6.95. The molecule has 3 aliphatic heterocycles. The van der Waals surface area contributed by atoms with Gasteiger partial charge in [0.2, 0.25) is 5.91 Å². The molecule has 1 aromatic rings. The largest absolute Gasteiger partial charge is 0.393 e. The maximum absolute atomic E-state index is 13.9. The van der Waals surface area contributed by atoms with E-state index in [0.29, 0.717) is 29.7 Å². The first-order valence-corrected chi connectivity index (χ1v) is 11.4. The molecule has 1 aliphatic carbocycles. The van der Waals surface area contributed by atoms with Crippen LogP contribution in [0.2, 0.25) is 0 Å². The number of hydrogen-bond donors (Lipinski definition) is 1. The van der Waals surface area contributed by atoms with Gasteiger partial charge in [-0.3, -0.25) is 9.69 Å². The van der Waals surface area contributed by atoms with E-state index in [9.17, 15) is 9.90 Å². The van der Waals surface area contributed by atoms with Crippen molar-refractivity contribution in [1.29, 1.82) is 0 Å². The average Bonchev–Trinajstić information content (AvgIpc) is 3.20. The van der Waals surface area contributed by atoms with Gasteiger partial charge in [-0.05, 0) is 68.0 Å². The van der Waals surface area contributed by atoms with Crippen LogP contribution in [0.4, 0.5) is 5.69 Å². The van der Waals surface area contributed by atoms with Gasteiger partial charge < -0.3 is 10.0 Å². The average molecular weight is 383 g/mol. The summed E-state index contributed by atoms with van der Waals surface area (Å²) in [5.74, 6) is 1.93. The van der Waals surface area contributed by atoms with Crippen molar-refractivity contribution in [1.82, 2.24) is 4.90 Å². The monoisotopic (exact) mass is 382 g/mol. The van der Waals surface area contributed by atoms with E-state index < -0.39 is 0 Å². The van der Waals surface area contributed by atoms with Gasteiger partial charge >= 0.3 is 0 Å². The smallest absolute Gasteiger partial charge is 0.239 e. The molecule has 0 bridgehead atoms. The Morgan fingerprint density at radius 2 is 2.07 bits per heavy atom. The molecule has 0 unspecified atom stereocenters. The van der Waals surface area contributed by atoms with Crippen molar-refractivity contribution >= 4 is 11.6 Å². The summed E-state index contributed by atoms with van der Waals surface area (Å²) >= 11 is 0. The molecule has 0 aromatic heterocycles. The van der Waals surface area contributed by atoms with E-state index in [1.807, 2.05) is 0 Å². The number of carbonyl (C=O) groups excluding carboxylic acids is 1. The summed E-state index contributed by atoms with van der Waals surface area (Å²) in [4.78, 5) is 18.6. The van der Waals surface area contributed by atoms with Crippen molar-refractivity contribution in [2.24, 2.45) is 17.8 Å². The number of piperidine rings is 1. The Bertz CT molecular complexity index is 765. The highest BCUT2D eigenvalue weighted by molar-refractivity contribution is 6.09. The van der Waals surface area contributed by atoms with Crippen LogP contribution in [0.3, 0.4) is 0 Å². The van der Waals surface area contributed by atoms with Crippen LogP contribution in [0.5, 0.6) is 0 Å². The molecule has 1 aromatic carbocycles. The van der Waals surface area contributed by atoms with Crippen LogP contribution in [-0.4, -0.2) is 47.7 Å². The van der Waals surface area contributed by atoms with Gasteiger partial charge in [-0.25, -0.2) is 0 Å². The van der Waals surface area contributed by atoms with Crippen LogP contribution < -0.4 is 4.90 Å². The second-order valence-corrected chi connectivity index (χ2v) is 9.72. The van der Waals surface area contributed by atoms with Gasteiger partial charge in [0, 0.05) is 24.8 Å². The first-order chi connectivity index (χ1) is 13.6. The normalized spacial score (nSPS) is 39.9. The highest BCUT2D eigenvalue weighted by Gasteiger charge is 2.62. The number of anilines is 1. The van der Waals surface area contributed by atoms with Crippen molar-refractivity contribution in [2.45, 2.75) is 69.9 Å². The third kappa shape index (κ3) is 2.46. The topological polar surface area (TPSA) is 43.8 Å². The van der Waals surface area contributed by atoms with E-state index in [1.165, 1.54) is 5.56 Å². The summed E-state index contributed by atoms with van der Waals surface area (Å²) in [5.41, 5.74) is 2.06. The van der Waals surface area contributed by atoms with Crippen LogP contribution in [0.1, 0.15) is 57.9 Å². The summed E-state index contributed by atoms with van der Waals surface area (Å²) in [6, 6.07) is 8.85. The van der Waals surface area contributed by atoms with Gasteiger partial charge in [-0.1, -0.05) is 38.5 Å². The zero-order valence-corrected chi connectivity index (χ0v) is 17.3. The predicted molar refractivity (Wildman–Crippen MR) is 111 cm³/mol. The maximum Gasteiger partial charge on any atom is 0.239 e. The Balaban J connectivity index is 1.52. The Morgan fingerprint density at radius 3 is 2.89 bits per heavy atom. The lowest BCUT2D eigenvalue weighted by Crippen LogP contribution is -2.57. The highest BCUT2D eigenvalue weighted by atomic mass is 16.3.